The van der Waals surface area contributed by atoms with Crippen LogP contribution < -0.4 is 4.90 Å². The highest BCUT2D eigenvalue weighted by molar-refractivity contribution is 9.10. The molecule has 1 fully saturated rings. The molecular formula is C21H22Br2N2O3S. The van der Waals surface area contributed by atoms with Gasteiger partial charge in [0.2, 0.25) is 15.9 Å². The molecule has 1 amide bonds. The summed E-state index contributed by atoms with van der Waals surface area (Å²) in [5.74, 6) is -0.0392. The molecule has 4 rings (SSSR count). The average Bonchev–Trinajstić information content (AvgIpc) is 3.02. The zero-order chi connectivity index (χ0) is 20.8. The molecule has 0 N–H and O–H groups in total. The van der Waals surface area contributed by atoms with Crippen molar-refractivity contribution in [1.29, 1.82) is 0 Å². The lowest BCUT2D eigenvalue weighted by atomic mass is 9.96. The first-order chi connectivity index (χ1) is 13.8. The minimum absolute atomic E-state index is 0.110. The molecule has 0 radical (unpaired) electrons. The molecule has 2 aliphatic rings. The van der Waals surface area contributed by atoms with Gasteiger partial charge in [0.1, 0.15) is 0 Å². The Bertz CT molecular complexity index is 1030. The number of nitrogens with zero attached hydrogens (tertiary/aromatic N) is 2. The van der Waals surface area contributed by atoms with E-state index in [1.165, 1.54) is 9.87 Å². The van der Waals surface area contributed by atoms with Crippen LogP contribution in [-0.4, -0.2) is 37.8 Å². The molecular weight excluding hydrogens is 520 g/mol. The molecule has 5 nitrogen and oxygen atoms in total. The minimum atomic E-state index is -3.53. The molecule has 0 spiro atoms. The van der Waals surface area contributed by atoms with Gasteiger partial charge < -0.3 is 4.90 Å². The topological polar surface area (TPSA) is 57.7 Å². The Balaban J connectivity index is 1.46. The molecule has 1 saturated heterocycles. The first-order valence-electron chi connectivity index (χ1n) is 9.64. The number of amides is 1. The highest BCUT2D eigenvalue weighted by Gasteiger charge is 2.38. The van der Waals surface area contributed by atoms with Crippen molar-refractivity contribution in [3.8, 4) is 0 Å². The van der Waals surface area contributed by atoms with E-state index in [2.05, 4.69) is 44.8 Å². The number of benzene rings is 2. The van der Waals surface area contributed by atoms with Crippen LogP contribution in [0.5, 0.6) is 0 Å². The third kappa shape index (κ3) is 4.04. The largest absolute Gasteiger partial charge is 0.309 e. The van der Waals surface area contributed by atoms with E-state index >= 15 is 0 Å². The van der Waals surface area contributed by atoms with Crippen molar-refractivity contribution in [2.24, 2.45) is 5.92 Å². The molecule has 8 heteroatoms. The number of anilines is 1. The Morgan fingerprint density at radius 2 is 1.62 bits per heavy atom. The van der Waals surface area contributed by atoms with Gasteiger partial charge in [0.05, 0.1) is 4.90 Å². The number of halogens is 2. The van der Waals surface area contributed by atoms with Crippen LogP contribution in [-0.2, 0) is 21.2 Å². The molecule has 0 aliphatic carbocycles. The first-order valence-corrected chi connectivity index (χ1v) is 12.7. The first kappa shape index (κ1) is 21.0. The molecule has 0 unspecified atom stereocenters. The van der Waals surface area contributed by atoms with E-state index in [-0.39, 0.29) is 22.8 Å². The molecule has 1 atom stereocenters. The van der Waals surface area contributed by atoms with Crippen LogP contribution >= 0.6 is 31.9 Å². The van der Waals surface area contributed by atoms with Gasteiger partial charge in [-0.2, -0.15) is 4.31 Å². The quantitative estimate of drug-likeness (QED) is 0.571. The van der Waals surface area contributed by atoms with Crippen LogP contribution in [0, 0.1) is 5.92 Å². The summed E-state index contributed by atoms with van der Waals surface area (Å²) in [6.07, 6.45) is 1.94. The molecule has 0 saturated carbocycles. The van der Waals surface area contributed by atoms with Crippen molar-refractivity contribution in [3.63, 3.8) is 0 Å². The van der Waals surface area contributed by atoms with Crippen molar-refractivity contribution in [3.05, 3.63) is 57.0 Å². The summed E-state index contributed by atoms with van der Waals surface area (Å²) >= 11 is 6.83. The Hall–Kier alpha value is -1.22. The summed E-state index contributed by atoms with van der Waals surface area (Å²) in [7, 11) is -3.53. The predicted octanol–water partition coefficient (Wildman–Crippen LogP) is 4.59. The zero-order valence-corrected chi connectivity index (χ0v) is 20.0. The summed E-state index contributed by atoms with van der Waals surface area (Å²) in [6, 6.07) is 12.8. The van der Waals surface area contributed by atoms with Crippen molar-refractivity contribution in [2.45, 2.75) is 37.1 Å². The van der Waals surface area contributed by atoms with Gasteiger partial charge in [-0.3, -0.25) is 4.79 Å². The zero-order valence-electron chi connectivity index (χ0n) is 16.0. The van der Waals surface area contributed by atoms with E-state index in [0.29, 0.717) is 25.9 Å². The van der Waals surface area contributed by atoms with Gasteiger partial charge in [0.15, 0.2) is 0 Å². The van der Waals surface area contributed by atoms with Crippen molar-refractivity contribution >= 4 is 53.5 Å². The Kier molecular flexibility index (Phi) is 5.90. The van der Waals surface area contributed by atoms with Crippen LogP contribution in [0.2, 0.25) is 0 Å². The Labute approximate surface area is 188 Å². The number of rotatable bonds is 3. The second-order valence-corrected chi connectivity index (χ2v) is 11.4. The Morgan fingerprint density at radius 3 is 2.28 bits per heavy atom. The van der Waals surface area contributed by atoms with E-state index in [1.807, 2.05) is 17.0 Å². The van der Waals surface area contributed by atoms with Crippen LogP contribution in [0.25, 0.3) is 0 Å². The molecule has 0 aromatic heterocycles. The summed E-state index contributed by atoms with van der Waals surface area (Å²) in [5, 5.41) is 0. The van der Waals surface area contributed by atoms with Crippen molar-refractivity contribution in [2.75, 3.05) is 18.0 Å². The summed E-state index contributed by atoms with van der Waals surface area (Å²) in [4.78, 5) is 15.5. The van der Waals surface area contributed by atoms with E-state index in [1.54, 1.807) is 24.3 Å². The number of carbonyl (C=O) groups is 1. The Morgan fingerprint density at radius 1 is 1.00 bits per heavy atom. The number of hydrogen-bond acceptors (Lipinski definition) is 3. The maximum absolute atomic E-state index is 13.3. The second kappa shape index (κ2) is 8.13. The number of piperidine rings is 1. The highest BCUT2D eigenvalue weighted by Crippen LogP contribution is 2.36. The summed E-state index contributed by atoms with van der Waals surface area (Å²) < 4.78 is 29.1. The molecule has 154 valence electrons. The molecule has 2 aromatic carbocycles. The number of fused-ring (bicyclic) bond motifs is 1. The third-order valence-electron chi connectivity index (χ3n) is 5.75. The fourth-order valence-electron chi connectivity index (χ4n) is 4.23. The SMILES string of the molecule is C[C@@H]1Cc2cc(Br)ccc2N1C(=O)C1CCN(S(=O)(=O)c2ccc(Br)cc2)CC1. The van der Waals surface area contributed by atoms with Crippen LogP contribution in [0.15, 0.2) is 56.3 Å². The van der Waals surface area contributed by atoms with Crippen molar-refractivity contribution < 1.29 is 13.2 Å². The third-order valence-corrected chi connectivity index (χ3v) is 8.68. The number of sulfonamides is 1. The molecule has 2 heterocycles. The van der Waals surface area contributed by atoms with Gasteiger partial charge in [-0.25, -0.2) is 8.42 Å². The van der Waals surface area contributed by atoms with Crippen LogP contribution in [0.3, 0.4) is 0 Å². The van der Waals surface area contributed by atoms with Gasteiger partial charge in [-0.05, 0) is 74.2 Å². The van der Waals surface area contributed by atoms with Gasteiger partial charge in [0, 0.05) is 39.7 Å². The lowest BCUT2D eigenvalue weighted by Gasteiger charge is -2.34. The summed E-state index contributed by atoms with van der Waals surface area (Å²) in [5.41, 5.74) is 2.16. The molecule has 2 aliphatic heterocycles. The van der Waals surface area contributed by atoms with E-state index in [0.717, 1.165) is 21.1 Å². The molecule has 29 heavy (non-hydrogen) atoms. The maximum Gasteiger partial charge on any atom is 0.243 e. The van der Waals surface area contributed by atoms with Gasteiger partial charge in [0.25, 0.3) is 0 Å². The minimum Gasteiger partial charge on any atom is -0.309 e. The average molecular weight is 542 g/mol. The lowest BCUT2D eigenvalue weighted by Crippen LogP contribution is -2.46. The van der Waals surface area contributed by atoms with Gasteiger partial charge in [-0.15, -0.1) is 0 Å². The monoisotopic (exact) mass is 540 g/mol. The van der Waals surface area contributed by atoms with E-state index < -0.39 is 10.0 Å². The normalized spacial score (nSPS) is 20.7. The van der Waals surface area contributed by atoms with Crippen LogP contribution in [0.4, 0.5) is 5.69 Å². The second-order valence-electron chi connectivity index (χ2n) is 7.67. The fourth-order valence-corrected chi connectivity index (χ4v) is 6.37. The van der Waals surface area contributed by atoms with Gasteiger partial charge in [-0.1, -0.05) is 31.9 Å². The number of carbonyl (C=O) groups excluding carboxylic acids is 1. The fraction of sp³-hybridized carbons (Fsp3) is 0.381. The van der Waals surface area contributed by atoms with Gasteiger partial charge >= 0.3 is 0 Å². The summed E-state index contributed by atoms with van der Waals surface area (Å²) in [6.45, 7) is 2.80. The molecule has 2 aromatic rings. The van der Waals surface area contributed by atoms with Crippen LogP contribution in [0.1, 0.15) is 25.3 Å². The highest BCUT2D eigenvalue weighted by atomic mass is 79.9. The smallest absolute Gasteiger partial charge is 0.243 e. The number of hydrogen-bond donors (Lipinski definition) is 0. The van der Waals surface area contributed by atoms with E-state index in [4.69, 9.17) is 0 Å². The predicted molar refractivity (Wildman–Crippen MR) is 120 cm³/mol. The van der Waals surface area contributed by atoms with Crippen molar-refractivity contribution in [1.82, 2.24) is 4.31 Å². The standard InChI is InChI=1S/C21H22Br2N2O3S/c1-14-12-16-13-18(23)4-7-20(16)25(14)21(26)15-8-10-24(11-9-15)29(27,28)19-5-2-17(22)3-6-19/h2-7,13-15H,8-12H2,1H3/t14-/m1/s1. The maximum atomic E-state index is 13.3. The lowest BCUT2D eigenvalue weighted by molar-refractivity contribution is -0.123. The van der Waals surface area contributed by atoms with E-state index in [9.17, 15) is 13.2 Å². The molecule has 0 bridgehead atoms.